The van der Waals surface area contributed by atoms with Crippen LogP contribution in [0.25, 0.3) is 11.0 Å². The molecule has 3 aromatic rings. The third-order valence-corrected chi connectivity index (χ3v) is 5.19. The second-order valence-corrected chi connectivity index (χ2v) is 7.00. The molecule has 4 rings (SSSR count). The first-order chi connectivity index (χ1) is 14.5. The van der Waals surface area contributed by atoms with E-state index in [0.29, 0.717) is 38.5 Å². The molecule has 1 aliphatic heterocycles. The van der Waals surface area contributed by atoms with Crippen molar-refractivity contribution in [2.24, 2.45) is 0 Å². The Kier molecular flexibility index (Phi) is 5.35. The number of anilines is 2. The molecule has 0 spiro atoms. The Morgan fingerprint density at radius 2 is 1.83 bits per heavy atom. The van der Waals surface area contributed by atoms with E-state index in [1.807, 2.05) is 36.1 Å². The molecule has 0 unspecified atom stereocenters. The molecule has 9 heteroatoms. The molecule has 1 fully saturated rings. The van der Waals surface area contributed by atoms with Crippen molar-refractivity contribution in [3.8, 4) is 0 Å². The maximum Gasteiger partial charge on any atom is 0.322 e. The molecule has 1 aliphatic rings. The average molecular weight is 413 g/mol. The Labute approximate surface area is 171 Å². The van der Waals surface area contributed by atoms with Gasteiger partial charge in [0.2, 0.25) is 0 Å². The van der Waals surface area contributed by atoms with Crippen molar-refractivity contribution in [1.29, 1.82) is 0 Å². The number of nitrogens with zero attached hydrogens (tertiary/aromatic N) is 4. The maximum absolute atomic E-state index is 13.8. The van der Waals surface area contributed by atoms with Crippen molar-refractivity contribution in [2.45, 2.75) is 13.5 Å². The first-order valence-electron chi connectivity index (χ1n) is 9.73. The zero-order valence-electron chi connectivity index (χ0n) is 16.4. The lowest BCUT2D eigenvalue weighted by atomic mass is 10.2. The van der Waals surface area contributed by atoms with E-state index in [2.05, 4.69) is 10.3 Å². The van der Waals surface area contributed by atoms with Gasteiger partial charge in [-0.3, -0.25) is 4.79 Å². The smallest absolute Gasteiger partial charge is 0.322 e. The summed E-state index contributed by atoms with van der Waals surface area (Å²) in [7, 11) is 0. The first-order valence-corrected chi connectivity index (χ1v) is 9.73. The summed E-state index contributed by atoms with van der Waals surface area (Å²) in [5.41, 5.74) is 1.14. The van der Waals surface area contributed by atoms with Gasteiger partial charge in [-0.1, -0.05) is 12.1 Å². The number of benzene rings is 2. The fraction of sp³-hybridized carbons (Fsp3) is 0.286. The summed E-state index contributed by atoms with van der Waals surface area (Å²) in [5.74, 6) is -0.984. The van der Waals surface area contributed by atoms with Gasteiger partial charge in [-0.25, -0.2) is 18.6 Å². The van der Waals surface area contributed by atoms with Crippen LogP contribution in [0.1, 0.15) is 6.92 Å². The molecule has 0 atom stereocenters. The summed E-state index contributed by atoms with van der Waals surface area (Å²) in [4.78, 5) is 33.3. The van der Waals surface area contributed by atoms with Crippen LogP contribution >= 0.6 is 0 Å². The van der Waals surface area contributed by atoms with E-state index in [1.165, 1.54) is 4.90 Å². The number of fused-ring (bicyclic) bond motifs is 1. The standard InChI is InChI=1S/C21H21F2N5O2/c1-2-28-18-6-4-3-5-16(18)24-19(20(28)29)26-9-11-27(12-10-26)21(30)25-17-13-14(22)7-8-15(17)23/h3-8,13H,2,9-12H2,1H3,(H,25,30). The van der Waals surface area contributed by atoms with E-state index in [0.717, 1.165) is 29.2 Å². The molecule has 2 heterocycles. The molecule has 0 aliphatic carbocycles. The van der Waals surface area contributed by atoms with E-state index >= 15 is 0 Å². The number of nitrogens with one attached hydrogen (secondary N) is 1. The Morgan fingerprint density at radius 1 is 1.10 bits per heavy atom. The number of hydrogen-bond donors (Lipinski definition) is 1. The molecule has 0 saturated carbocycles. The second-order valence-electron chi connectivity index (χ2n) is 7.00. The molecule has 7 nitrogen and oxygen atoms in total. The molecule has 0 radical (unpaired) electrons. The Hall–Kier alpha value is -3.49. The van der Waals surface area contributed by atoms with Crippen LogP contribution in [0.15, 0.2) is 47.3 Å². The van der Waals surface area contributed by atoms with Gasteiger partial charge in [0.05, 0.1) is 16.7 Å². The number of urea groups is 1. The summed E-state index contributed by atoms with van der Waals surface area (Å²) in [6, 6.07) is 9.85. The van der Waals surface area contributed by atoms with Gasteiger partial charge in [-0.15, -0.1) is 0 Å². The van der Waals surface area contributed by atoms with Gasteiger partial charge >= 0.3 is 6.03 Å². The molecular formula is C21H21F2N5O2. The number of aryl methyl sites for hydroxylation is 1. The van der Waals surface area contributed by atoms with Crippen LogP contribution in [-0.4, -0.2) is 46.7 Å². The maximum atomic E-state index is 13.8. The highest BCUT2D eigenvalue weighted by Crippen LogP contribution is 2.18. The van der Waals surface area contributed by atoms with E-state index in [1.54, 1.807) is 4.57 Å². The summed E-state index contributed by atoms with van der Waals surface area (Å²) in [5, 5.41) is 2.40. The van der Waals surface area contributed by atoms with Crippen molar-refractivity contribution < 1.29 is 13.6 Å². The summed E-state index contributed by atoms with van der Waals surface area (Å²) in [6.45, 7) is 3.89. The molecule has 0 bridgehead atoms. The lowest BCUT2D eigenvalue weighted by Gasteiger charge is -2.35. The zero-order chi connectivity index (χ0) is 21.3. The third-order valence-electron chi connectivity index (χ3n) is 5.19. The van der Waals surface area contributed by atoms with Gasteiger partial charge in [0.15, 0.2) is 5.82 Å². The molecule has 2 amide bonds. The normalized spacial score (nSPS) is 14.2. The largest absolute Gasteiger partial charge is 0.348 e. The minimum Gasteiger partial charge on any atom is -0.348 e. The summed E-state index contributed by atoms with van der Waals surface area (Å²) >= 11 is 0. The molecular weight excluding hydrogens is 392 g/mol. The van der Waals surface area contributed by atoms with E-state index in [-0.39, 0.29) is 11.2 Å². The minimum atomic E-state index is -0.705. The molecule has 2 aromatic carbocycles. The van der Waals surface area contributed by atoms with E-state index in [4.69, 9.17) is 0 Å². The number of halogens is 2. The van der Waals surface area contributed by atoms with Crippen LogP contribution in [0.3, 0.4) is 0 Å². The second kappa shape index (κ2) is 8.10. The number of carbonyl (C=O) groups is 1. The number of carbonyl (C=O) groups excluding carboxylic acids is 1. The molecule has 156 valence electrons. The molecule has 1 N–H and O–H groups in total. The van der Waals surface area contributed by atoms with E-state index in [9.17, 15) is 18.4 Å². The summed E-state index contributed by atoms with van der Waals surface area (Å²) in [6.07, 6.45) is 0. The van der Waals surface area contributed by atoms with Crippen molar-refractivity contribution in [1.82, 2.24) is 14.5 Å². The Bertz CT molecular complexity index is 1160. The van der Waals surface area contributed by atoms with Crippen LogP contribution < -0.4 is 15.8 Å². The van der Waals surface area contributed by atoms with Gasteiger partial charge in [-0.2, -0.15) is 0 Å². The average Bonchev–Trinajstić information content (AvgIpc) is 2.76. The lowest BCUT2D eigenvalue weighted by Crippen LogP contribution is -2.51. The fourth-order valence-electron chi connectivity index (χ4n) is 3.61. The van der Waals surface area contributed by atoms with Gasteiger partial charge in [-0.05, 0) is 31.2 Å². The predicted molar refractivity (Wildman–Crippen MR) is 111 cm³/mol. The summed E-state index contributed by atoms with van der Waals surface area (Å²) < 4.78 is 28.8. The quantitative estimate of drug-likeness (QED) is 0.717. The van der Waals surface area contributed by atoms with E-state index < -0.39 is 17.7 Å². The number of para-hydroxylation sites is 2. The lowest BCUT2D eigenvalue weighted by molar-refractivity contribution is 0.208. The topological polar surface area (TPSA) is 70.5 Å². The highest BCUT2D eigenvalue weighted by atomic mass is 19.1. The van der Waals surface area contributed by atoms with Crippen molar-refractivity contribution in [3.63, 3.8) is 0 Å². The highest BCUT2D eigenvalue weighted by molar-refractivity contribution is 5.89. The van der Waals surface area contributed by atoms with Gasteiger partial charge in [0.25, 0.3) is 5.56 Å². The van der Waals surface area contributed by atoms with Crippen molar-refractivity contribution >= 4 is 28.6 Å². The fourth-order valence-corrected chi connectivity index (χ4v) is 3.61. The third kappa shape index (κ3) is 3.70. The Morgan fingerprint density at radius 3 is 2.57 bits per heavy atom. The zero-order valence-corrected chi connectivity index (χ0v) is 16.4. The Balaban J connectivity index is 1.50. The molecule has 30 heavy (non-hydrogen) atoms. The number of piperazine rings is 1. The molecule has 1 saturated heterocycles. The number of hydrogen-bond acceptors (Lipinski definition) is 4. The SMILES string of the molecule is CCn1c(=O)c(N2CCN(C(=O)Nc3cc(F)ccc3F)CC2)nc2ccccc21. The number of amides is 2. The van der Waals surface area contributed by atoms with Gasteiger partial charge in [0, 0.05) is 38.8 Å². The minimum absolute atomic E-state index is 0.170. The van der Waals surface area contributed by atoms with Crippen molar-refractivity contribution in [2.75, 3.05) is 36.4 Å². The number of aromatic nitrogens is 2. The van der Waals surface area contributed by atoms with Crippen LogP contribution in [0.5, 0.6) is 0 Å². The van der Waals surface area contributed by atoms with Crippen LogP contribution in [0.2, 0.25) is 0 Å². The predicted octanol–water partition coefficient (Wildman–Crippen LogP) is 3.05. The van der Waals surface area contributed by atoms with Crippen molar-refractivity contribution in [3.05, 3.63) is 64.5 Å². The van der Waals surface area contributed by atoms with Crippen LogP contribution in [0, 0.1) is 11.6 Å². The first kappa shape index (κ1) is 19.8. The number of rotatable bonds is 3. The highest BCUT2D eigenvalue weighted by Gasteiger charge is 2.25. The monoisotopic (exact) mass is 413 g/mol. The van der Waals surface area contributed by atoms with Gasteiger partial charge in [0.1, 0.15) is 11.6 Å². The van der Waals surface area contributed by atoms with Crippen LogP contribution in [0.4, 0.5) is 25.1 Å². The van der Waals surface area contributed by atoms with Gasteiger partial charge < -0.3 is 19.7 Å². The van der Waals surface area contributed by atoms with Crippen LogP contribution in [-0.2, 0) is 6.54 Å². The molecule has 1 aromatic heterocycles.